The first-order valence-electron chi connectivity index (χ1n) is 15.6. The van der Waals surface area contributed by atoms with Crippen LogP contribution in [0.1, 0.15) is 102 Å². The van der Waals surface area contributed by atoms with E-state index in [4.69, 9.17) is 14.9 Å². The average Bonchev–Trinajstić information content (AvgIpc) is 2.99. The van der Waals surface area contributed by atoms with E-state index in [2.05, 4.69) is 12.2 Å². The summed E-state index contributed by atoms with van der Waals surface area (Å²) in [7, 11) is 0. The number of carbonyl (C=O) groups is 4. The number of carbonyl (C=O) groups excluding carboxylic acids is 2. The van der Waals surface area contributed by atoms with Gasteiger partial charge >= 0.3 is 17.9 Å². The number of carboxylic acids is 2. The van der Waals surface area contributed by atoms with Gasteiger partial charge in [0, 0.05) is 25.7 Å². The molecule has 0 heterocycles. The molecule has 0 aliphatic carbocycles. The summed E-state index contributed by atoms with van der Waals surface area (Å²) >= 11 is 0. The van der Waals surface area contributed by atoms with Crippen molar-refractivity contribution in [3.8, 4) is 11.5 Å². The number of phenols is 2. The molecule has 44 heavy (non-hydrogen) atoms. The highest BCUT2D eigenvalue weighted by Crippen LogP contribution is 2.14. The van der Waals surface area contributed by atoms with Gasteiger partial charge in [0.25, 0.3) is 0 Å². The van der Waals surface area contributed by atoms with Crippen LogP contribution >= 0.6 is 0 Å². The Kier molecular flexibility index (Phi) is 20.2. The van der Waals surface area contributed by atoms with Gasteiger partial charge in [0.05, 0.1) is 6.61 Å². The van der Waals surface area contributed by atoms with Crippen LogP contribution in [0.4, 0.5) is 0 Å². The molecule has 0 aliphatic heterocycles. The maximum atomic E-state index is 12.7. The van der Waals surface area contributed by atoms with Crippen LogP contribution in [0.5, 0.6) is 11.5 Å². The first kappa shape index (κ1) is 37.9. The van der Waals surface area contributed by atoms with E-state index < -0.39 is 23.9 Å². The molecule has 0 radical (unpaired) electrons. The number of hydrogen-bond donors (Lipinski definition) is 5. The molecule has 1 atom stereocenters. The Bertz CT molecular complexity index is 1080. The molecule has 0 fully saturated rings. The molecule has 0 aromatic heterocycles. The van der Waals surface area contributed by atoms with Gasteiger partial charge in [0.1, 0.15) is 17.5 Å². The van der Waals surface area contributed by atoms with E-state index in [1.807, 2.05) is 0 Å². The fourth-order valence-electron chi connectivity index (χ4n) is 4.31. The maximum absolute atomic E-state index is 12.7. The third-order valence-electron chi connectivity index (χ3n) is 6.85. The van der Waals surface area contributed by atoms with Crippen LogP contribution in [0, 0.1) is 0 Å². The van der Waals surface area contributed by atoms with Gasteiger partial charge in [-0.1, -0.05) is 76.1 Å². The number of nitrogens with one attached hydrogen (secondary N) is 1. The lowest BCUT2D eigenvalue weighted by Crippen LogP contribution is -2.43. The largest absolute Gasteiger partial charge is 0.508 e. The van der Waals surface area contributed by atoms with Gasteiger partial charge < -0.3 is 30.5 Å². The van der Waals surface area contributed by atoms with E-state index in [0.717, 1.165) is 43.2 Å². The number of phenolic OH excluding ortho intramolecular Hbond substituents is 2. The van der Waals surface area contributed by atoms with Crippen LogP contribution in [-0.4, -0.2) is 56.9 Å². The molecule has 10 nitrogen and oxygen atoms in total. The summed E-state index contributed by atoms with van der Waals surface area (Å²) < 4.78 is 5.45. The molecule has 0 spiro atoms. The van der Waals surface area contributed by atoms with E-state index in [1.54, 1.807) is 48.5 Å². The zero-order valence-electron chi connectivity index (χ0n) is 25.8. The Morgan fingerprint density at radius 3 is 1.66 bits per heavy atom. The zero-order valence-corrected chi connectivity index (χ0v) is 25.8. The van der Waals surface area contributed by atoms with Gasteiger partial charge in [0.2, 0.25) is 5.91 Å². The second kappa shape index (κ2) is 23.4. The molecule has 5 N–H and O–H groups in total. The quantitative estimate of drug-likeness (QED) is 0.0815. The van der Waals surface area contributed by atoms with Gasteiger partial charge in [-0.25, -0.2) is 4.79 Å². The van der Waals surface area contributed by atoms with Crippen molar-refractivity contribution in [3.05, 3.63) is 59.7 Å². The Labute approximate surface area is 260 Å². The number of unbranched alkanes of at least 4 members (excludes halogenated alkanes) is 8. The van der Waals surface area contributed by atoms with E-state index in [0.29, 0.717) is 32.3 Å². The predicted molar refractivity (Wildman–Crippen MR) is 167 cm³/mol. The first-order valence-corrected chi connectivity index (χ1v) is 15.6. The summed E-state index contributed by atoms with van der Waals surface area (Å²) in [5.41, 5.74) is 1.75. The van der Waals surface area contributed by atoms with Crippen molar-refractivity contribution in [3.63, 3.8) is 0 Å². The Morgan fingerprint density at radius 2 is 1.14 bits per heavy atom. The summed E-state index contributed by atoms with van der Waals surface area (Å²) in [6.07, 6.45) is 10.9. The van der Waals surface area contributed by atoms with Gasteiger partial charge in [-0.05, 0) is 61.1 Å². The minimum Gasteiger partial charge on any atom is -0.508 e. The van der Waals surface area contributed by atoms with Crippen molar-refractivity contribution >= 4 is 23.8 Å². The Balaban J connectivity index is 0.000000681. The standard InChI is InChI=1S/C26H35NO5.C8H14O4/c1-2-3-4-5-6-7-18-32-26(31)24(19-21-10-15-23(29)16-11-21)27-25(30)17-12-20-8-13-22(28)14-9-20;9-7(10)5-3-1-2-4-6-8(11)12/h8-11,13-16,24,28-29H,2-7,12,17-19H2,1H3,(H,27,30);1-6H2,(H,9,10)(H,11,12)/t24-;/m0./s1. The zero-order chi connectivity index (χ0) is 32.6. The van der Waals surface area contributed by atoms with E-state index in [9.17, 15) is 29.4 Å². The van der Waals surface area contributed by atoms with Crippen LogP contribution in [-0.2, 0) is 36.8 Å². The van der Waals surface area contributed by atoms with E-state index in [-0.39, 0.29) is 36.7 Å². The fraction of sp³-hybridized carbons (Fsp3) is 0.529. The van der Waals surface area contributed by atoms with Crippen LogP contribution in [0.3, 0.4) is 0 Å². The highest BCUT2D eigenvalue weighted by Gasteiger charge is 2.23. The number of ether oxygens (including phenoxy) is 1. The van der Waals surface area contributed by atoms with Crippen LogP contribution in [0.2, 0.25) is 0 Å². The minimum absolute atomic E-state index is 0.147. The third-order valence-corrected chi connectivity index (χ3v) is 6.85. The molecule has 0 bridgehead atoms. The monoisotopic (exact) mass is 615 g/mol. The number of benzene rings is 2. The molecule has 0 aliphatic rings. The molecule has 1 amide bonds. The molecule has 10 heteroatoms. The molecule has 0 unspecified atom stereocenters. The number of carboxylic acid groups (broad SMARTS) is 2. The summed E-state index contributed by atoms with van der Waals surface area (Å²) in [4.78, 5) is 45.3. The summed E-state index contributed by atoms with van der Waals surface area (Å²) in [6, 6.07) is 12.5. The van der Waals surface area contributed by atoms with Crippen molar-refractivity contribution < 1.29 is 44.3 Å². The SMILES string of the molecule is CCCCCCCCOC(=O)[C@H](Cc1ccc(O)cc1)NC(=O)CCc1ccc(O)cc1.O=C(O)CCCCCCC(=O)O. The van der Waals surface area contributed by atoms with Crippen LogP contribution in [0.15, 0.2) is 48.5 Å². The second-order valence-electron chi connectivity index (χ2n) is 10.8. The molecular formula is C34H49NO9. The molecule has 2 rings (SSSR count). The van der Waals surface area contributed by atoms with Crippen LogP contribution < -0.4 is 5.32 Å². The number of aromatic hydroxyl groups is 2. The lowest BCUT2D eigenvalue weighted by Gasteiger charge is -2.18. The average molecular weight is 616 g/mol. The van der Waals surface area contributed by atoms with Gasteiger partial charge in [-0.15, -0.1) is 0 Å². The second-order valence-corrected chi connectivity index (χ2v) is 10.8. The van der Waals surface area contributed by atoms with Crippen molar-refractivity contribution in [2.75, 3.05) is 6.61 Å². The molecular weight excluding hydrogens is 566 g/mol. The number of rotatable bonds is 21. The molecule has 244 valence electrons. The molecule has 0 saturated heterocycles. The number of aryl methyl sites for hydroxylation is 1. The summed E-state index contributed by atoms with van der Waals surface area (Å²) in [5.74, 6) is -1.92. The van der Waals surface area contributed by atoms with Crippen LogP contribution in [0.25, 0.3) is 0 Å². The van der Waals surface area contributed by atoms with Gasteiger partial charge in [-0.2, -0.15) is 0 Å². The lowest BCUT2D eigenvalue weighted by atomic mass is 10.0. The number of amides is 1. The smallest absolute Gasteiger partial charge is 0.328 e. The van der Waals surface area contributed by atoms with Gasteiger partial charge in [-0.3, -0.25) is 14.4 Å². The minimum atomic E-state index is -0.785. The topological polar surface area (TPSA) is 170 Å². The Hall–Kier alpha value is -4.08. The predicted octanol–water partition coefficient (Wildman–Crippen LogP) is 6.16. The van der Waals surface area contributed by atoms with Gasteiger partial charge in [0.15, 0.2) is 0 Å². The number of hydrogen-bond acceptors (Lipinski definition) is 7. The molecule has 2 aromatic rings. The highest BCUT2D eigenvalue weighted by atomic mass is 16.5. The summed E-state index contributed by atoms with van der Waals surface area (Å²) in [5, 5.41) is 38.2. The maximum Gasteiger partial charge on any atom is 0.328 e. The first-order chi connectivity index (χ1) is 21.1. The normalized spacial score (nSPS) is 11.1. The third kappa shape index (κ3) is 19.9. The van der Waals surface area contributed by atoms with Crippen molar-refractivity contribution in [2.24, 2.45) is 0 Å². The summed E-state index contributed by atoms with van der Waals surface area (Å²) in [6.45, 7) is 2.52. The van der Waals surface area contributed by atoms with Crippen molar-refractivity contribution in [1.29, 1.82) is 0 Å². The fourth-order valence-corrected chi connectivity index (χ4v) is 4.31. The van der Waals surface area contributed by atoms with Crippen molar-refractivity contribution in [1.82, 2.24) is 5.32 Å². The van der Waals surface area contributed by atoms with Crippen molar-refractivity contribution in [2.45, 2.75) is 109 Å². The number of esters is 1. The Morgan fingerprint density at radius 1 is 0.659 bits per heavy atom. The molecule has 2 aromatic carbocycles. The number of aliphatic carboxylic acids is 2. The van der Waals surface area contributed by atoms with E-state index in [1.165, 1.54) is 19.3 Å². The molecule has 0 saturated carbocycles. The van der Waals surface area contributed by atoms with E-state index >= 15 is 0 Å². The lowest BCUT2D eigenvalue weighted by molar-refractivity contribution is -0.148. The highest BCUT2D eigenvalue weighted by molar-refractivity contribution is 5.84.